The normalized spacial score (nSPS) is 20.3. The summed E-state index contributed by atoms with van der Waals surface area (Å²) in [6, 6.07) is 9.75. The lowest BCUT2D eigenvalue weighted by atomic mass is 9.88. The van der Waals surface area contributed by atoms with E-state index in [2.05, 4.69) is 16.0 Å². The molecule has 178 valence electrons. The summed E-state index contributed by atoms with van der Waals surface area (Å²) in [6.45, 7) is 9.44. The van der Waals surface area contributed by atoms with Gasteiger partial charge in [-0.05, 0) is 69.5 Å². The SMILES string of the molecule is COCC1CN(c2cccnc2)CC2(CCN(C(=O)c3ccc(OC(C)C)c(C)c3)CC2)O1. The van der Waals surface area contributed by atoms with Crippen LogP contribution in [-0.2, 0) is 9.47 Å². The van der Waals surface area contributed by atoms with Crippen LogP contribution in [0, 0.1) is 6.92 Å². The van der Waals surface area contributed by atoms with E-state index in [1.807, 2.05) is 56.1 Å². The Morgan fingerprint density at radius 1 is 1.27 bits per heavy atom. The van der Waals surface area contributed by atoms with Crippen LogP contribution in [0.3, 0.4) is 0 Å². The smallest absolute Gasteiger partial charge is 0.253 e. The maximum absolute atomic E-state index is 13.2. The minimum absolute atomic E-state index is 0.0117. The van der Waals surface area contributed by atoms with Crippen molar-refractivity contribution in [1.29, 1.82) is 0 Å². The second-order valence-electron chi connectivity index (χ2n) is 9.41. The van der Waals surface area contributed by atoms with Crippen LogP contribution in [0.2, 0.25) is 0 Å². The number of benzene rings is 1. The lowest BCUT2D eigenvalue weighted by Crippen LogP contribution is -2.61. The van der Waals surface area contributed by atoms with Gasteiger partial charge in [0.05, 0.1) is 36.3 Å². The molecular weight excluding hydrogens is 418 g/mol. The number of carbonyl (C=O) groups excluding carboxylic acids is 1. The molecule has 1 amide bonds. The molecule has 2 saturated heterocycles. The molecule has 2 aliphatic heterocycles. The third kappa shape index (κ3) is 5.47. The molecule has 2 aromatic rings. The Kier molecular flexibility index (Phi) is 7.20. The zero-order valence-electron chi connectivity index (χ0n) is 20.1. The number of pyridine rings is 1. The molecule has 1 unspecified atom stereocenters. The average molecular weight is 454 g/mol. The van der Waals surface area contributed by atoms with Gasteiger partial charge in [0.25, 0.3) is 5.91 Å². The third-order valence-corrected chi connectivity index (χ3v) is 6.43. The highest BCUT2D eigenvalue weighted by molar-refractivity contribution is 5.94. The first-order valence-corrected chi connectivity index (χ1v) is 11.8. The largest absolute Gasteiger partial charge is 0.491 e. The number of morpholine rings is 1. The first-order chi connectivity index (χ1) is 15.9. The minimum atomic E-state index is -0.293. The van der Waals surface area contributed by atoms with Crippen molar-refractivity contribution in [3.8, 4) is 5.75 Å². The molecule has 7 nitrogen and oxygen atoms in total. The van der Waals surface area contributed by atoms with Gasteiger partial charge < -0.3 is 24.0 Å². The quantitative estimate of drug-likeness (QED) is 0.665. The molecule has 3 heterocycles. The predicted octanol–water partition coefficient (Wildman–Crippen LogP) is 3.70. The van der Waals surface area contributed by atoms with E-state index in [0.29, 0.717) is 25.3 Å². The molecule has 1 spiro atoms. The Morgan fingerprint density at radius 2 is 2.06 bits per heavy atom. The van der Waals surface area contributed by atoms with Gasteiger partial charge in [0.1, 0.15) is 5.75 Å². The lowest BCUT2D eigenvalue weighted by molar-refractivity contribution is -0.145. The number of nitrogens with zero attached hydrogens (tertiary/aromatic N) is 3. The van der Waals surface area contributed by atoms with Crippen molar-refractivity contribution in [3.63, 3.8) is 0 Å². The van der Waals surface area contributed by atoms with E-state index in [4.69, 9.17) is 14.2 Å². The third-order valence-electron chi connectivity index (χ3n) is 6.43. The number of methoxy groups -OCH3 is 1. The fourth-order valence-corrected chi connectivity index (χ4v) is 4.84. The highest BCUT2D eigenvalue weighted by Gasteiger charge is 2.44. The molecule has 7 heteroatoms. The molecule has 1 aromatic carbocycles. The van der Waals surface area contributed by atoms with E-state index in [-0.39, 0.29) is 23.7 Å². The van der Waals surface area contributed by atoms with E-state index in [9.17, 15) is 4.79 Å². The number of carbonyl (C=O) groups is 1. The minimum Gasteiger partial charge on any atom is -0.491 e. The maximum atomic E-state index is 13.2. The van der Waals surface area contributed by atoms with Crippen LogP contribution in [0.15, 0.2) is 42.7 Å². The molecule has 0 N–H and O–H groups in total. The van der Waals surface area contributed by atoms with Crippen LogP contribution in [-0.4, -0.2) is 73.5 Å². The van der Waals surface area contributed by atoms with Gasteiger partial charge in [-0.3, -0.25) is 9.78 Å². The number of hydrogen-bond donors (Lipinski definition) is 0. The first kappa shape index (κ1) is 23.5. The van der Waals surface area contributed by atoms with Crippen LogP contribution in [0.4, 0.5) is 5.69 Å². The molecule has 0 radical (unpaired) electrons. The van der Waals surface area contributed by atoms with Crippen LogP contribution < -0.4 is 9.64 Å². The van der Waals surface area contributed by atoms with E-state index >= 15 is 0 Å². The number of anilines is 1. The van der Waals surface area contributed by atoms with Crippen LogP contribution in [0.5, 0.6) is 5.75 Å². The van der Waals surface area contributed by atoms with E-state index < -0.39 is 0 Å². The van der Waals surface area contributed by atoms with Crippen molar-refractivity contribution in [2.75, 3.05) is 44.8 Å². The molecule has 0 aliphatic carbocycles. The number of amides is 1. The Hall–Kier alpha value is -2.64. The van der Waals surface area contributed by atoms with Gasteiger partial charge in [0.15, 0.2) is 0 Å². The lowest BCUT2D eigenvalue weighted by Gasteiger charge is -2.50. The van der Waals surface area contributed by atoms with E-state index in [1.165, 1.54) is 0 Å². The Balaban J connectivity index is 1.44. The first-order valence-electron chi connectivity index (χ1n) is 11.8. The molecule has 0 bridgehead atoms. The molecule has 2 fully saturated rings. The average Bonchev–Trinajstić information content (AvgIpc) is 2.81. The van der Waals surface area contributed by atoms with Gasteiger partial charge in [-0.2, -0.15) is 0 Å². The van der Waals surface area contributed by atoms with Crippen molar-refractivity contribution in [1.82, 2.24) is 9.88 Å². The van der Waals surface area contributed by atoms with Crippen molar-refractivity contribution < 1.29 is 19.0 Å². The van der Waals surface area contributed by atoms with Crippen molar-refractivity contribution >= 4 is 11.6 Å². The van der Waals surface area contributed by atoms with Crippen LogP contribution >= 0.6 is 0 Å². The molecule has 2 aliphatic rings. The fraction of sp³-hybridized carbons (Fsp3) is 0.538. The summed E-state index contributed by atoms with van der Waals surface area (Å²) in [7, 11) is 1.71. The summed E-state index contributed by atoms with van der Waals surface area (Å²) in [5.41, 5.74) is 2.49. The van der Waals surface area contributed by atoms with E-state index in [0.717, 1.165) is 42.9 Å². The molecule has 33 heavy (non-hydrogen) atoms. The number of aryl methyl sites for hydroxylation is 1. The summed E-state index contributed by atoms with van der Waals surface area (Å²) in [5.74, 6) is 0.895. The molecule has 1 aromatic heterocycles. The van der Waals surface area contributed by atoms with Crippen molar-refractivity contribution in [3.05, 3.63) is 53.9 Å². The maximum Gasteiger partial charge on any atom is 0.253 e. The van der Waals surface area contributed by atoms with Gasteiger partial charge >= 0.3 is 0 Å². The second-order valence-corrected chi connectivity index (χ2v) is 9.41. The van der Waals surface area contributed by atoms with Gasteiger partial charge in [0.2, 0.25) is 0 Å². The predicted molar refractivity (Wildman–Crippen MR) is 128 cm³/mol. The number of hydrogen-bond acceptors (Lipinski definition) is 6. The zero-order valence-corrected chi connectivity index (χ0v) is 20.1. The Labute approximate surface area is 196 Å². The highest BCUT2D eigenvalue weighted by atomic mass is 16.5. The Bertz CT molecular complexity index is 942. The highest BCUT2D eigenvalue weighted by Crippen LogP contribution is 2.35. The number of rotatable bonds is 6. The van der Waals surface area contributed by atoms with Crippen LogP contribution in [0.1, 0.15) is 42.6 Å². The topological polar surface area (TPSA) is 64.1 Å². The van der Waals surface area contributed by atoms with Gasteiger partial charge in [-0.25, -0.2) is 0 Å². The number of likely N-dealkylation sites (tertiary alicyclic amines) is 1. The standard InChI is InChI=1S/C26H35N3O4/c1-19(2)32-24-8-7-21(14-20(24)3)25(30)28-12-9-26(10-13-28)18-29(16-23(33-26)17-31-4)22-6-5-11-27-15-22/h5-8,11,14-15,19,23H,9-10,12-13,16-18H2,1-4H3. The van der Waals surface area contributed by atoms with Crippen LogP contribution in [0.25, 0.3) is 0 Å². The molecular formula is C26H35N3O4. The summed E-state index contributed by atoms with van der Waals surface area (Å²) < 4.78 is 17.8. The van der Waals surface area contributed by atoms with Gasteiger partial charge in [0, 0.05) is 45.0 Å². The molecule has 4 rings (SSSR count). The summed E-state index contributed by atoms with van der Waals surface area (Å²) in [5, 5.41) is 0. The zero-order chi connectivity index (χ0) is 23.4. The van der Waals surface area contributed by atoms with E-state index in [1.54, 1.807) is 13.3 Å². The van der Waals surface area contributed by atoms with Gasteiger partial charge in [-0.1, -0.05) is 0 Å². The number of ether oxygens (including phenoxy) is 3. The number of piperidine rings is 1. The monoisotopic (exact) mass is 453 g/mol. The Morgan fingerprint density at radius 3 is 2.70 bits per heavy atom. The fourth-order valence-electron chi connectivity index (χ4n) is 4.84. The second kappa shape index (κ2) is 10.1. The summed E-state index contributed by atoms with van der Waals surface area (Å²) in [6.07, 6.45) is 5.37. The van der Waals surface area contributed by atoms with Crippen molar-refractivity contribution in [2.45, 2.75) is 51.4 Å². The molecule has 0 saturated carbocycles. The van der Waals surface area contributed by atoms with Gasteiger partial charge in [-0.15, -0.1) is 0 Å². The summed E-state index contributed by atoms with van der Waals surface area (Å²) >= 11 is 0. The molecule has 1 atom stereocenters. The van der Waals surface area contributed by atoms with Crippen molar-refractivity contribution in [2.24, 2.45) is 0 Å². The number of aromatic nitrogens is 1. The summed E-state index contributed by atoms with van der Waals surface area (Å²) in [4.78, 5) is 21.8.